The lowest BCUT2D eigenvalue weighted by molar-refractivity contribution is -0.123. The smallest absolute Gasteiger partial charge is 0.276 e. The first-order valence-corrected chi connectivity index (χ1v) is 7.10. The van der Waals surface area contributed by atoms with E-state index in [1.807, 2.05) is 38.1 Å². The number of nitrogens with zero attached hydrogens (tertiary/aromatic N) is 1. The maximum atomic E-state index is 12.8. The Bertz CT molecular complexity index is 612. The number of hydrogen-bond donors (Lipinski definition) is 1. The van der Waals surface area contributed by atoms with Gasteiger partial charge < -0.3 is 4.74 Å². The molecule has 0 atom stereocenters. The predicted molar refractivity (Wildman–Crippen MR) is 84.2 cm³/mol. The molecular formula is C17H19FN2O2. The Morgan fingerprint density at radius 3 is 2.36 bits per heavy atom. The van der Waals surface area contributed by atoms with Gasteiger partial charge in [-0.15, -0.1) is 0 Å². The Labute approximate surface area is 129 Å². The summed E-state index contributed by atoms with van der Waals surface area (Å²) in [6, 6.07) is 13.4. The summed E-state index contributed by atoms with van der Waals surface area (Å²) in [5.41, 5.74) is 4.84. The van der Waals surface area contributed by atoms with E-state index in [2.05, 4.69) is 5.43 Å². The molecule has 0 aliphatic carbocycles. The molecule has 2 aromatic rings. The quantitative estimate of drug-likeness (QED) is 0.834. The van der Waals surface area contributed by atoms with Gasteiger partial charge in [0, 0.05) is 6.54 Å². The highest BCUT2D eigenvalue weighted by molar-refractivity contribution is 5.79. The van der Waals surface area contributed by atoms with Crippen molar-refractivity contribution in [2.45, 2.75) is 13.8 Å². The zero-order valence-electron chi connectivity index (χ0n) is 12.7. The number of nitrogens with one attached hydrogen (secondary N) is 1. The van der Waals surface area contributed by atoms with Crippen LogP contribution in [0.3, 0.4) is 0 Å². The molecule has 5 heteroatoms. The Morgan fingerprint density at radius 2 is 1.77 bits per heavy atom. The SMILES string of the molecule is CCN(NC(=O)COc1ccc(F)cc1)c1ccc(C)cc1. The molecule has 0 aliphatic heterocycles. The van der Waals surface area contributed by atoms with Gasteiger partial charge in [-0.25, -0.2) is 4.39 Å². The number of rotatable bonds is 6. The monoisotopic (exact) mass is 302 g/mol. The molecule has 116 valence electrons. The lowest BCUT2D eigenvalue weighted by Gasteiger charge is -2.24. The summed E-state index contributed by atoms with van der Waals surface area (Å²) in [4.78, 5) is 11.9. The minimum Gasteiger partial charge on any atom is -0.484 e. The van der Waals surface area contributed by atoms with E-state index >= 15 is 0 Å². The van der Waals surface area contributed by atoms with Crippen molar-refractivity contribution in [1.82, 2.24) is 5.43 Å². The van der Waals surface area contributed by atoms with E-state index in [0.29, 0.717) is 12.3 Å². The Morgan fingerprint density at radius 1 is 1.14 bits per heavy atom. The third-order valence-electron chi connectivity index (χ3n) is 3.11. The van der Waals surface area contributed by atoms with Crippen LogP contribution in [-0.4, -0.2) is 19.1 Å². The minimum atomic E-state index is -0.340. The Balaban J connectivity index is 1.89. The van der Waals surface area contributed by atoms with Crippen LogP contribution in [0, 0.1) is 12.7 Å². The van der Waals surface area contributed by atoms with E-state index < -0.39 is 0 Å². The van der Waals surface area contributed by atoms with Crippen LogP contribution in [0.1, 0.15) is 12.5 Å². The lowest BCUT2D eigenvalue weighted by Crippen LogP contribution is -2.44. The molecule has 0 unspecified atom stereocenters. The van der Waals surface area contributed by atoms with Crippen LogP contribution >= 0.6 is 0 Å². The maximum absolute atomic E-state index is 12.8. The minimum absolute atomic E-state index is 0.131. The second-order valence-electron chi connectivity index (χ2n) is 4.86. The molecule has 1 amide bonds. The van der Waals surface area contributed by atoms with Crippen molar-refractivity contribution in [1.29, 1.82) is 0 Å². The van der Waals surface area contributed by atoms with Crippen molar-refractivity contribution < 1.29 is 13.9 Å². The van der Waals surface area contributed by atoms with Crippen molar-refractivity contribution in [2.24, 2.45) is 0 Å². The number of anilines is 1. The van der Waals surface area contributed by atoms with E-state index in [4.69, 9.17) is 4.74 Å². The number of carbonyl (C=O) groups is 1. The van der Waals surface area contributed by atoms with Gasteiger partial charge in [0.05, 0.1) is 5.69 Å². The molecule has 1 N–H and O–H groups in total. The highest BCUT2D eigenvalue weighted by Crippen LogP contribution is 2.13. The van der Waals surface area contributed by atoms with Gasteiger partial charge in [-0.3, -0.25) is 15.2 Å². The Hall–Kier alpha value is -2.56. The second-order valence-corrected chi connectivity index (χ2v) is 4.86. The molecule has 22 heavy (non-hydrogen) atoms. The maximum Gasteiger partial charge on any atom is 0.276 e. The normalized spacial score (nSPS) is 10.1. The van der Waals surface area contributed by atoms with Gasteiger partial charge in [0.15, 0.2) is 6.61 Å². The van der Waals surface area contributed by atoms with Crippen molar-refractivity contribution in [2.75, 3.05) is 18.2 Å². The molecule has 0 spiro atoms. The van der Waals surface area contributed by atoms with E-state index in [1.54, 1.807) is 5.01 Å². The zero-order chi connectivity index (χ0) is 15.9. The molecule has 4 nitrogen and oxygen atoms in total. The lowest BCUT2D eigenvalue weighted by atomic mass is 10.2. The van der Waals surface area contributed by atoms with Crippen LogP contribution in [0.5, 0.6) is 5.75 Å². The molecule has 0 aromatic heterocycles. The molecule has 0 aliphatic rings. The van der Waals surface area contributed by atoms with Crippen LogP contribution < -0.4 is 15.2 Å². The average Bonchev–Trinajstić information content (AvgIpc) is 2.53. The predicted octanol–water partition coefficient (Wildman–Crippen LogP) is 3.07. The summed E-state index contributed by atoms with van der Waals surface area (Å²) >= 11 is 0. The van der Waals surface area contributed by atoms with Crippen molar-refractivity contribution >= 4 is 11.6 Å². The van der Waals surface area contributed by atoms with Crippen LogP contribution in [-0.2, 0) is 4.79 Å². The summed E-state index contributed by atoms with van der Waals surface area (Å²) in [5.74, 6) is -0.157. The summed E-state index contributed by atoms with van der Waals surface area (Å²) in [5, 5.41) is 1.75. The fourth-order valence-electron chi connectivity index (χ4n) is 1.91. The van der Waals surface area contributed by atoms with E-state index in [-0.39, 0.29) is 18.3 Å². The third kappa shape index (κ3) is 4.48. The second kappa shape index (κ2) is 7.45. The van der Waals surface area contributed by atoms with Gasteiger partial charge >= 0.3 is 0 Å². The number of aryl methyl sites for hydroxylation is 1. The summed E-state index contributed by atoms with van der Waals surface area (Å²) in [6.07, 6.45) is 0. The fourth-order valence-corrected chi connectivity index (χ4v) is 1.91. The van der Waals surface area contributed by atoms with Gasteiger partial charge in [-0.1, -0.05) is 17.7 Å². The molecule has 0 saturated heterocycles. The van der Waals surface area contributed by atoms with E-state index in [0.717, 1.165) is 11.3 Å². The van der Waals surface area contributed by atoms with Gasteiger partial charge in [0.2, 0.25) is 0 Å². The number of hydrazine groups is 1. The third-order valence-corrected chi connectivity index (χ3v) is 3.11. The molecule has 0 heterocycles. The first-order chi connectivity index (χ1) is 10.6. The average molecular weight is 302 g/mol. The first-order valence-electron chi connectivity index (χ1n) is 7.10. The van der Waals surface area contributed by atoms with Crippen LogP contribution in [0.4, 0.5) is 10.1 Å². The van der Waals surface area contributed by atoms with E-state index in [9.17, 15) is 9.18 Å². The Kier molecular flexibility index (Phi) is 5.36. The number of benzene rings is 2. The topological polar surface area (TPSA) is 41.6 Å². The fraction of sp³-hybridized carbons (Fsp3) is 0.235. The molecule has 0 radical (unpaired) electrons. The van der Waals surface area contributed by atoms with Gasteiger partial charge in [-0.2, -0.15) is 0 Å². The van der Waals surface area contributed by atoms with Crippen molar-refractivity contribution in [3.63, 3.8) is 0 Å². The molecule has 0 fully saturated rings. The molecule has 0 bridgehead atoms. The molecule has 2 rings (SSSR count). The highest BCUT2D eigenvalue weighted by Gasteiger charge is 2.09. The number of amides is 1. The molecule has 0 saturated carbocycles. The van der Waals surface area contributed by atoms with E-state index in [1.165, 1.54) is 24.3 Å². The number of carbonyl (C=O) groups excluding carboxylic acids is 1. The van der Waals surface area contributed by atoms with Gasteiger partial charge in [-0.05, 0) is 50.2 Å². The van der Waals surface area contributed by atoms with Crippen LogP contribution in [0.2, 0.25) is 0 Å². The standard InChI is InChI=1S/C17H19FN2O2/c1-3-20(15-8-4-13(2)5-9-15)19-17(21)12-22-16-10-6-14(18)7-11-16/h4-11H,3,12H2,1-2H3,(H,19,21). The zero-order valence-corrected chi connectivity index (χ0v) is 12.7. The summed E-state index contributed by atoms with van der Waals surface area (Å²) < 4.78 is 18.1. The van der Waals surface area contributed by atoms with Gasteiger partial charge in [0.25, 0.3) is 5.91 Å². The highest BCUT2D eigenvalue weighted by atomic mass is 19.1. The summed E-state index contributed by atoms with van der Waals surface area (Å²) in [7, 11) is 0. The molecule has 2 aromatic carbocycles. The van der Waals surface area contributed by atoms with Gasteiger partial charge in [0.1, 0.15) is 11.6 Å². The summed E-state index contributed by atoms with van der Waals surface area (Å²) in [6.45, 7) is 4.45. The molecular weight excluding hydrogens is 283 g/mol. The largest absolute Gasteiger partial charge is 0.484 e. The number of halogens is 1. The van der Waals surface area contributed by atoms with Crippen LogP contribution in [0.25, 0.3) is 0 Å². The van der Waals surface area contributed by atoms with Crippen molar-refractivity contribution in [3.8, 4) is 5.75 Å². The number of ether oxygens (including phenoxy) is 1. The first kappa shape index (κ1) is 15.8. The number of hydrogen-bond acceptors (Lipinski definition) is 3. The van der Waals surface area contributed by atoms with Crippen LogP contribution in [0.15, 0.2) is 48.5 Å². The van der Waals surface area contributed by atoms with Crippen molar-refractivity contribution in [3.05, 3.63) is 59.9 Å².